The van der Waals surface area contributed by atoms with Gasteiger partial charge >= 0.3 is 0 Å². The van der Waals surface area contributed by atoms with Gasteiger partial charge in [0.15, 0.2) is 9.84 Å². The molecule has 0 aliphatic rings. The van der Waals surface area contributed by atoms with Crippen LogP contribution in [-0.4, -0.2) is 48.6 Å². The summed E-state index contributed by atoms with van der Waals surface area (Å²) in [5.74, 6) is -0.735. The van der Waals surface area contributed by atoms with Crippen molar-refractivity contribution in [3.8, 4) is 0 Å². The van der Waals surface area contributed by atoms with Crippen LogP contribution >= 0.6 is 0 Å². The van der Waals surface area contributed by atoms with Gasteiger partial charge in [-0.25, -0.2) is 13.4 Å². The second-order valence-electron chi connectivity index (χ2n) is 5.28. The second-order valence-corrected chi connectivity index (χ2v) is 7.34. The number of sulfone groups is 1. The lowest BCUT2D eigenvalue weighted by atomic mass is 10.2. The summed E-state index contributed by atoms with van der Waals surface area (Å²) in [6.07, 6.45) is 3.31. The number of carbonyl (C=O) groups excluding carboxylic acids is 1. The topological polar surface area (TPSA) is 72.3 Å². The van der Waals surface area contributed by atoms with E-state index in [9.17, 15) is 13.2 Å². The third-order valence-corrected chi connectivity index (χ3v) is 4.57. The second kappa shape index (κ2) is 6.74. The molecule has 118 valence electrons. The normalized spacial score (nSPS) is 11.4. The zero-order valence-electron chi connectivity index (χ0n) is 12.6. The highest BCUT2D eigenvalue weighted by Crippen LogP contribution is 2.09. The Kier molecular flexibility index (Phi) is 4.97. The van der Waals surface area contributed by atoms with Crippen LogP contribution in [0.5, 0.6) is 0 Å². The first-order chi connectivity index (χ1) is 10.4. The van der Waals surface area contributed by atoms with E-state index in [1.165, 1.54) is 19.0 Å². The Morgan fingerprint density at radius 2 is 1.91 bits per heavy atom. The lowest BCUT2D eigenvalue weighted by molar-refractivity contribution is -0.125. The molecule has 1 heterocycles. The Bertz CT molecular complexity index is 736. The molecule has 6 nitrogen and oxygen atoms in total. The maximum atomic E-state index is 12.1. The van der Waals surface area contributed by atoms with Gasteiger partial charge in [-0.3, -0.25) is 4.79 Å². The molecule has 0 radical (unpaired) electrons. The standard InChI is InChI=1S/C15H19N3O3S/c1-17(2)15(19)12-22(20,21)11-14-16-8-9-18(14)10-13-6-4-3-5-7-13/h3-9H,10-12H2,1-2H3. The molecule has 0 saturated heterocycles. The first kappa shape index (κ1) is 16.2. The van der Waals surface area contributed by atoms with E-state index < -0.39 is 21.5 Å². The van der Waals surface area contributed by atoms with Gasteiger partial charge in [0.25, 0.3) is 0 Å². The van der Waals surface area contributed by atoms with E-state index in [2.05, 4.69) is 4.98 Å². The molecule has 1 aromatic carbocycles. The third-order valence-electron chi connectivity index (χ3n) is 3.19. The summed E-state index contributed by atoms with van der Waals surface area (Å²) in [6, 6.07) is 9.72. The van der Waals surface area contributed by atoms with Crippen LogP contribution in [0.25, 0.3) is 0 Å². The van der Waals surface area contributed by atoms with Gasteiger partial charge < -0.3 is 9.47 Å². The van der Waals surface area contributed by atoms with E-state index >= 15 is 0 Å². The smallest absolute Gasteiger partial charge is 0.237 e. The fraction of sp³-hybridized carbons (Fsp3) is 0.333. The Balaban J connectivity index is 2.11. The van der Waals surface area contributed by atoms with Gasteiger partial charge in [0.1, 0.15) is 17.3 Å². The first-order valence-electron chi connectivity index (χ1n) is 6.82. The van der Waals surface area contributed by atoms with E-state index in [1.807, 2.05) is 30.3 Å². The zero-order chi connectivity index (χ0) is 16.2. The molecule has 0 atom stereocenters. The minimum Gasteiger partial charge on any atom is -0.348 e. The fourth-order valence-corrected chi connectivity index (χ4v) is 3.34. The van der Waals surface area contributed by atoms with E-state index in [-0.39, 0.29) is 5.75 Å². The molecule has 2 aromatic rings. The molecule has 0 aliphatic carbocycles. The van der Waals surface area contributed by atoms with Gasteiger partial charge in [-0.05, 0) is 5.56 Å². The van der Waals surface area contributed by atoms with Gasteiger partial charge in [0.2, 0.25) is 5.91 Å². The summed E-state index contributed by atoms with van der Waals surface area (Å²) < 4.78 is 26.0. The molecule has 22 heavy (non-hydrogen) atoms. The van der Waals surface area contributed by atoms with E-state index in [4.69, 9.17) is 0 Å². The maximum Gasteiger partial charge on any atom is 0.237 e. The van der Waals surface area contributed by atoms with Crippen LogP contribution < -0.4 is 0 Å². The van der Waals surface area contributed by atoms with Gasteiger partial charge in [-0.2, -0.15) is 0 Å². The number of benzene rings is 1. The van der Waals surface area contributed by atoms with Crippen molar-refractivity contribution in [1.82, 2.24) is 14.5 Å². The van der Waals surface area contributed by atoms with Crippen LogP contribution in [0.15, 0.2) is 42.7 Å². The molecule has 1 amide bonds. The lowest BCUT2D eigenvalue weighted by Gasteiger charge is -2.11. The molecule has 0 N–H and O–H groups in total. The Hall–Kier alpha value is -2.15. The van der Waals surface area contributed by atoms with Crippen molar-refractivity contribution in [3.05, 3.63) is 54.1 Å². The third kappa shape index (κ3) is 4.42. The number of carbonyl (C=O) groups is 1. The minimum atomic E-state index is -3.54. The number of nitrogens with zero attached hydrogens (tertiary/aromatic N) is 3. The molecule has 0 spiro atoms. The van der Waals surface area contributed by atoms with Crippen molar-refractivity contribution in [2.75, 3.05) is 19.8 Å². The highest BCUT2D eigenvalue weighted by atomic mass is 32.2. The Labute approximate surface area is 130 Å². The zero-order valence-corrected chi connectivity index (χ0v) is 13.5. The lowest BCUT2D eigenvalue weighted by Crippen LogP contribution is -2.30. The van der Waals surface area contributed by atoms with E-state index in [0.717, 1.165) is 5.56 Å². The molecular weight excluding hydrogens is 302 g/mol. The van der Waals surface area contributed by atoms with E-state index in [1.54, 1.807) is 17.0 Å². The Morgan fingerprint density at radius 1 is 1.23 bits per heavy atom. The fourth-order valence-electron chi connectivity index (χ4n) is 1.97. The van der Waals surface area contributed by atoms with Crippen molar-refractivity contribution < 1.29 is 13.2 Å². The molecule has 2 rings (SSSR count). The average molecular weight is 321 g/mol. The van der Waals surface area contributed by atoms with Crippen LogP contribution in [0, 0.1) is 0 Å². The van der Waals surface area contributed by atoms with Crippen LogP contribution in [0.3, 0.4) is 0 Å². The summed E-state index contributed by atoms with van der Waals surface area (Å²) in [7, 11) is -0.466. The molecule has 0 aliphatic heterocycles. The molecule has 0 unspecified atom stereocenters. The van der Waals surface area contributed by atoms with Gasteiger partial charge in [0, 0.05) is 33.0 Å². The Morgan fingerprint density at radius 3 is 2.55 bits per heavy atom. The van der Waals surface area contributed by atoms with Crippen molar-refractivity contribution >= 4 is 15.7 Å². The van der Waals surface area contributed by atoms with Crippen molar-refractivity contribution in [3.63, 3.8) is 0 Å². The predicted molar refractivity (Wildman–Crippen MR) is 84.0 cm³/mol. The first-order valence-corrected chi connectivity index (χ1v) is 8.64. The monoisotopic (exact) mass is 321 g/mol. The van der Waals surface area contributed by atoms with Crippen molar-refractivity contribution in [1.29, 1.82) is 0 Å². The van der Waals surface area contributed by atoms with Gasteiger partial charge in [-0.15, -0.1) is 0 Å². The van der Waals surface area contributed by atoms with Crippen LogP contribution in [0.2, 0.25) is 0 Å². The van der Waals surface area contributed by atoms with Crippen molar-refractivity contribution in [2.45, 2.75) is 12.3 Å². The minimum absolute atomic E-state index is 0.244. The number of amides is 1. The summed E-state index contributed by atoms with van der Waals surface area (Å²) in [4.78, 5) is 17.0. The van der Waals surface area contributed by atoms with E-state index in [0.29, 0.717) is 12.4 Å². The quantitative estimate of drug-likeness (QED) is 0.793. The number of imidazole rings is 1. The predicted octanol–water partition coefficient (Wildman–Crippen LogP) is 0.934. The number of aromatic nitrogens is 2. The molecule has 1 aromatic heterocycles. The maximum absolute atomic E-state index is 12.1. The number of hydrogen-bond donors (Lipinski definition) is 0. The summed E-state index contributed by atoms with van der Waals surface area (Å²) >= 11 is 0. The van der Waals surface area contributed by atoms with Crippen molar-refractivity contribution in [2.24, 2.45) is 0 Å². The summed E-state index contributed by atoms with van der Waals surface area (Å²) in [5.41, 5.74) is 1.06. The molecule has 7 heteroatoms. The molecule has 0 saturated carbocycles. The average Bonchev–Trinajstić information content (AvgIpc) is 2.85. The van der Waals surface area contributed by atoms with Crippen LogP contribution in [0.4, 0.5) is 0 Å². The molecule has 0 bridgehead atoms. The largest absolute Gasteiger partial charge is 0.348 e. The van der Waals surface area contributed by atoms with Crippen LogP contribution in [0.1, 0.15) is 11.4 Å². The summed E-state index contributed by atoms with van der Waals surface area (Å²) in [5, 5.41) is 0. The summed E-state index contributed by atoms with van der Waals surface area (Å²) in [6.45, 7) is 0.549. The SMILES string of the molecule is CN(C)C(=O)CS(=O)(=O)Cc1nccn1Cc1ccccc1. The van der Waals surface area contributed by atoms with Gasteiger partial charge in [0.05, 0.1) is 0 Å². The molecule has 0 fully saturated rings. The molecular formula is C15H19N3O3S. The number of rotatable bonds is 6. The highest BCUT2D eigenvalue weighted by Gasteiger charge is 2.21. The highest BCUT2D eigenvalue weighted by molar-refractivity contribution is 7.91. The van der Waals surface area contributed by atoms with Crippen LogP contribution in [-0.2, 0) is 26.9 Å². The number of hydrogen-bond acceptors (Lipinski definition) is 4. The van der Waals surface area contributed by atoms with Gasteiger partial charge in [-0.1, -0.05) is 30.3 Å².